The zero-order valence-electron chi connectivity index (χ0n) is 4.42. The van der Waals surface area contributed by atoms with Gasteiger partial charge in [-0.05, 0) is 0 Å². The van der Waals surface area contributed by atoms with Crippen molar-refractivity contribution in [3.05, 3.63) is 6.07 Å². The predicted molar refractivity (Wildman–Crippen MR) is 28.9 cm³/mol. The van der Waals surface area contributed by atoms with Crippen LogP contribution in [-0.2, 0) is 0 Å². The first kappa shape index (κ1) is 5.61. The number of nitrogens with one attached hydrogen (secondary N) is 2. The van der Waals surface area contributed by atoms with E-state index in [1.54, 1.807) is 0 Å². The lowest BCUT2D eigenvalue weighted by atomic mass is 10.5. The van der Waals surface area contributed by atoms with Gasteiger partial charge < -0.3 is 10.2 Å². The van der Waals surface area contributed by atoms with Gasteiger partial charge in [0.1, 0.15) is 0 Å². The van der Waals surface area contributed by atoms with Gasteiger partial charge in [0.05, 0.1) is 0 Å². The van der Waals surface area contributed by atoms with E-state index in [1.165, 1.54) is 0 Å². The van der Waals surface area contributed by atoms with E-state index in [1.807, 2.05) is 0 Å². The lowest BCUT2D eigenvalue weighted by Gasteiger charge is -1.80. The van der Waals surface area contributed by atoms with Crippen molar-refractivity contribution >= 4 is 5.69 Å². The number of H-pyrrole nitrogens is 1. The fourth-order valence-electron chi connectivity index (χ4n) is 0.505. The summed E-state index contributed by atoms with van der Waals surface area (Å²) in [5.74, 6) is -0.485. The van der Waals surface area contributed by atoms with Crippen molar-refractivity contribution in [2.75, 3.05) is 0 Å². The highest BCUT2D eigenvalue weighted by Gasteiger charge is 2.02. The molecular weight excluding hydrogens is 122 g/mol. The summed E-state index contributed by atoms with van der Waals surface area (Å²) in [6, 6.07) is 1.16. The minimum absolute atomic E-state index is 0.0347. The van der Waals surface area contributed by atoms with Gasteiger partial charge in [0.25, 0.3) is 0 Å². The maximum absolute atomic E-state index is 8.70. The van der Waals surface area contributed by atoms with Gasteiger partial charge in [0.2, 0.25) is 5.88 Å². The third-order valence-corrected chi connectivity index (χ3v) is 0.883. The number of aromatic amines is 1. The van der Waals surface area contributed by atoms with Gasteiger partial charge in [0, 0.05) is 6.07 Å². The molecule has 0 saturated carbocycles. The third-order valence-electron chi connectivity index (χ3n) is 0.883. The molecule has 1 heterocycles. The maximum Gasteiger partial charge on any atom is 0.219 e. The molecule has 0 aliphatic carbocycles. The highest BCUT2D eigenvalue weighted by Crippen LogP contribution is 2.28. The molecule has 1 rings (SSSR count). The molecule has 5 heteroatoms. The SMILES string of the molecule is N=Nc1cc(O)[nH]c1O. The van der Waals surface area contributed by atoms with Gasteiger partial charge in [0.15, 0.2) is 11.6 Å². The Kier molecular flexibility index (Phi) is 1.11. The van der Waals surface area contributed by atoms with Gasteiger partial charge in [-0.3, -0.25) is 4.98 Å². The van der Waals surface area contributed by atoms with Gasteiger partial charge >= 0.3 is 0 Å². The van der Waals surface area contributed by atoms with E-state index in [0.717, 1.165) is 6.07 Å². The van der Waals surface area contributed by atoms with Gasteiger partial charge in [-0.2, -0.15) is 5.11 Å². The van der Waals surface area contributed by atoms with E-state index in [2.05, 4.69) is 10.1 Å². The predicted octanol–water partition coefficient (Wildman–Crippen LogP) is 1.09. The van der Waals surface area contributed by atoms with E-state index < -0.39 is 0 Å². The maximum atomic E-state index is 8.70. The van der Waals surface area contributed by atoms with Gasteiger partial charge in [-0.1, -0.05) is 0 Å². The summed E-state index contributed by atoms with van der Waals surface area (Å²) < 4.78 is 0. The molecule has 0 amide bonds. The first-order valence-electron chi connectivity index (χ1n) is 2.22. The van der Waals surface area contributed by atoms with E-state index in [9.17, 15) is 0 Å². The first-order chi connectivity index (χ1) is 4.24. The third kappa shape index (κ3) is 0.835. The quantitative estimate of drug-likeness (QED) is 0.425. The normalized spacial score (nSPS) is 9.33. The summed E-state index contributed by atoms with van der Waals surface area (Å²) in [4.78, 5) is 2.16. The lowest BCUT2D eigenvalue weighted by molar-refractivity contribution is 0.425. The first-order valence-corrected chi connectivity index (χ1v) is 2.22. The molecular formula is C4H5N3O2. The van der Waals surface area contributed by atoms with Crippen LogP contribution in [0.2, 0.25) is 0 Å². The molecule has 9 heavy (non-hydrogen) atoms. The molecule has 0 fully saturated rings. The standard InChI is InChI=1S/C4H5N3O2/c5-7-2-1-3(8)6-4(2)9/h1,5-6,8-9H. The summed E-state index contributed by atoms with van der Waals surface area (Å²) in [6.07, 6.45) is 0. The summed E-state index contributed by atoms with van der Waals surface area (Å²) in [5.41, 5.74) is 6.47. The van der Waals surface area contributed by atoms with Crippen LogP contribution in [0.3, 0.4) is 0 Å². The number of nitrogens with zero attached hydrogens (tertiary/aromatic N) is 1. The second-order valence-corrected chi connectivity index (χ2v) is 1.50. The molecule has 0 aliphatic heterocycles. The fourth-order valence-corrected chi connectivity index (χ4v) is 0.505. The Hall–Kier alpha value is -1.52. The monoisotopic (exact) mass is 127 g/mol. The Morgan fingerprint density at radius 3 is 2.44 bits per heavy atom. The molecule has 48 valence electrons. The van der Waals surface area contributed by atoms with E-state index in [0.29, 0.717) is 0 Å². The molecule has 5 nitrogen and oxygen atoms in total. The van der Waals surface area contributed by atoms with Crippen molar-refractivity contribution in [2.24, 2.45) is 5.11 Å². The van der Waals surface area contributed by atoms with Crippen molar-refractivity contribution in [1.29, 1.82) is 5.53 Å². The Labute approximate surface area is 50.5 Å². The summed E-state index contributed by atoms with van der Waals surface area (Å²) in [5, 5.41) is 20.2. The van der Waals surface area contributed by atoms with Gasteiger partial charge in [-0.25, -0.2) is 5.53 Å². The number of hydrogen-bond acceptors (Lipinski definition) is 4. The Balaban J connectivity index is 3.15. The molecule has 4 N–H and O–H groups in total. The molecule has 0 aliphatic rings. The average molecular weight is 127 g/mol. The topological polar surface area (TPSA) is 92.5 Å². The average Bonchev–Trinajstić information content (AvgIpc) is 2.10. The van der Waals surface area contributed by atoms with Crippen LogP contribution in [0.5, 0.6) is 11.8 Å². The largest absolute Gasteiger partial charge is 0.494 e. The number of hydrogen-bond donors (Lipinski definition) is 4. The van der Waals surface area contributed by atoms with Crippen molar-refractivity contribution in [2.45, 2.75) is 0 Å². The van der Waals surface area contributed by atoms with Crippen LogP contribution in [-0.4, -0.2) is 15.2 Å². The van der Waals surface area contributed by atoms with Crippen molar-refractivity contribution < 1.29 is 10.2 Å². The summed E-state index contributed by atoms with van der Waals surface area (Å²) in [7, 11) is 0. The molecule has 1 aromatic heterocycles. The van der Waals surface area contributed by atoms with Crippen LogP contribution in [0.1, 0.15) is 0 Å². The van der Waals surface area contributed by atoms with E-state index >= 15 is 0 Å². The highest BCUT2D eigenvalue weighted by atomic mass is 16.3. The molecule has 0 spiro atoms. The molecule has 0 aromatic carbocycles. The van der Waals surface area contributed by atoms with Crippen LogP contribution >= 0.6 is 0 Å². The molecule has 0 radical (unpaired) electrons. The van der Waals surface area contributed by atoms with Crippen LogP contribution in [0.4, 0.5) is 5.69 Å². The van der Waals surface area contributed by atoms with Crippen LogP contribution in [0.15, 0.2) is 11.2 Å². The zero-order valence-corrected chi connectivity index (χ0v) is 4.42. The summed E-state index contributed by atoms with van der Waals surface area (Å²) in [6.45, 7) is 0. The van der Waals surface area contributed by atoms with Crippen LogP contribution in [0.25, 0.3) is 0 Å². The minimum atomic E-state index is -0.289. The molecule has 0 unspecified atom stereocenters. The lowest BCUT2D eigenvalue weighted by Crippen LogP contribution is -1.58. The fraction of sp³-hybridized carbons (Fsp3) is 0. The Morgan fingerprint density at radius 1 is 1.56 bits per heavy atom. The van der Waals surface area contributed by atoms with Crippen molar-refractivity contribution in [3.63, 3.8) is 0 Å². The van der Waals surface area contributed by atoms with Crippen LogP contribution < -0.4 is 0 Å². The van der Waals surface area contributed by atoms with Crippen molar-refractivity contribution in [1.82, 2.24) is 4.98 Å². The zero-order chi connectivity index (χ0) is 6.85. The highest BCUT2D eigenvalue weighted by molar-refractivity contribution is 5.50. The number of aromatic nitrogens is 1. The number of rotatable bonds is 1. The second-order valence-electron chi connectivity index (χ2n) is 1.50. The Morgan fingerprint density at radius 2 is 2.22 bits per heavy atom. The summed E-state index contributed by atoms with van der Waals surface area (Å²) >= 11 is 0. The van der Waals surface area contributed by atoms with Crippen molar-refractivity contribution in [3.8, 4) is 11.8 Å². The van der Waals surface area contributed by atoms with Gasteiger partial charge in [-0.15, -0.1) is 0 Å². The van der Waals surface area contributed by atoms with Crippen LogP contribution in [0, 0.1) is 5.53 Å². The van der Waals surface area contributed by atoms with E-state index in [4.69, 9.17) is 15.7 Å². The molecule has 0 saturated heterocycles. The Bertz CT molecular complexity index is 230. The minimum Gasteiger partial charge on any atom is -0.494 e. The molecule has 0 bridgehead atoms. The molecule has 1 aromatic rings. The van der Waals surface area contributed by atoms with E-state index in [-0.39, 0.29) is 17.4 Å². The smallest absolute Gasteiger partial charge is 0.219 e. The second kappa shape index (κ2) is 1.77. The number of aromatic hydroxyl groups is 2. The molecule has 0 atom stereocenters.